The number of benzene rings is 2. The van der Waals surface area contributed by atoms with Crippen LogP contribution in [0.15, 0.2) is 36.4 Å². The van der Waals surface area contributed by atoms with Gasteiger partial charge in [-0.05, 0) is 30.2 Å². The van der Waals surface area contributed by atoms with Crippen LogP contribution < -0.4 is 4.74 Å². The number of nitro benzene ring substituents is 1. The highest BCUT2D eigenvalue weighted by molar-refractivity contribution is 5.95. The first-order valence-corrected chi connectivity index (χ1v) is 6.67. The molecule has 0 aliphatic rings. The second-order valence-corrected chi connectivity index (χ2v) is 4.77. The van der Waals surface area contributed by atoms with Crippen molar-refractivity contribution >= 4 is 11.7 Å². The van der Waals surface area contributed by atoms with E-state index >= 15 is 0 Å². The molecule has 23 heavy (non-hydrogen) atoms. The van der Waals surface area contributed by atoms with E-state index in [1.54, 1.807) is 19.1 Å². The van der Waals surface area contributed by atoms with Gasteiger partial charge in [-0.2, -0.15) is 0 Å². The van der Waals surface area contributed by atoms with Crippen molar-refractivity contribution < 1.29 is 23.6 Å². The molecule has 0 unspecified atom stereocenters. The Morgan fingerprint density at radius 1 is 1.30 bits per heavy atom. The van der Waals surface area contributed by atoms with Crippen molar-refractivity contribution in [2.24, 2.45) is 0 Å². The molecule has 0 amide bonds. The third kappa shape index (κ3) is 3.63. The first-order valence-electron chi connectivity index (χ1n) is 6.67. The van der Waals surface area contributed by atoms with Crippen LogP contribution in [0.1, 0.15) is 21.5 Å². The molecule has 120 valence electrons. The largest absolute Gasteiger partial charge is 0.494 e. The zero-order valence-electron chi connectivity index (χ0n) is 12.5. The van der Waals surface area contributed by atoms with Crippen LogP contribution in [-0.2, 0) is 11.3 Å². The molecule has 7 heteroatoms. The third-order valence-electron chi connectivity index (χ3n) is 3.24. The molecule has 0 fully saturated rings. The van der Waals surface area contributed by atoms with Crippen LogP contribution in [0, 0.1) is 22.9 Å². The van der Waals surface area contributed by atoms with Crippen molar-refractivity contribution in [2.75, 3.05) is 7.11 Å². The highest BCUT2D eigenvalue weighted by Gasteiger charge is 2.23. The zero-order chi connectivity index (χ0) is 17.0. The van der Waals surface area contributed by atoms with E-state index in [0.29, 0.717) is 11.1 Å². The SMILES string of the molecule is COc1ccc(COC(=O)c2c(C)cccc2[N+](=O)[O-])cc1F. The number of hydrogen-bond donors (Lipinski definition) is 0. The number of methoxy groups -OCH3 is 1. The number of carbonyl (C=O) groups excluding carboxylic acids is 1. The van der Waals surface area contributed by atoms with E-state index in [-0.39, 0.29) is 23.6 Å². The first kappa shape index (κ1) is 16.4. The van der Waals surface area contributed by atoms with Crippen molar-refractivity contribution in [3.05, 3.63) is 69.0 Å². The molecule has 0 spiro atoms. The molecular formula is C16H14FNO5. The van der Waals surface area contributed by atoms with E-state index in [1.807, 2.05) is 0 Å². The van der Waals surface area contributed by atoms with Crippen molar-refractivity contribution in [3.8, 4) is 5.75 Å². The van der Waals surface area contributed by atoms with Gasteiger partial charge in [0.15, 0.2) is 11.6 Å². The highest BCUT2D eigenvalue weighted by Crippen LogP contribution is 2.24. The number of ether oxygens (including phenoxy) is 2. The van der Waals surface area contributed by atoms with Crippen LogP contribution in [0.3, 0.4) is 0 Å². The summed E-state index contributed by atoms with van der Waals surface area (Å²) in [4.78, 5) is 22.5. The van der Waals surface area contributed by atoms with Crippen molar-refractivity contribution in [1.29, 1.82) is 0 Å². The molecule has 0 aromatic heterocycles. The summed E-state index contributed by atoms with van der Waals surface area (Å²) in [6, 6.07) is 8.44. The van der Waals surface area contributed by atoms with Crippen LogP contribution >= 0.6 is 0 Å². The summed E-state index contributed by atoms with van der Waals surface area (Å²) < 4.78 is 23.4. The second-order valence-electron chi connectivity index (χ2n) is 4.77. The average molecular weight is 319 g/mol. The van der Waals surface area contributed by atoms with Gasteiger partial charge < -0.3 is 9.47 Å². The predicted octanol–water partition coefficient (Wildman–Crippen LogP) is 3.41. The number of carbonyl (C=O) groups is 1. The topological polar surface area (TPSA) is 78.7 Å². The van der Waals surface area contributed by atoms with E-state index in [1.165, 1.54) is 31.4 Å². The fourth-order valence-corrected chi connectivity index (χ4v) is 2.09. The van der Waals surface area contributed by atoms with Crippen molar-refractivity contribution in [3.63, 3.8) is 0 Å². The van der Waals surface area contributed by atoms with Crippen LogP contribution in [0.5, 0.6) is 5.75 Å². The van der Waals surface area contributed by atoms with E-state index in [4.69, 9.17) is 9.47 Å². The minimum Gasteiger partial charge on any atom is -0.494 e. The molecule has 0 aliphatic heterocycles. The van der Waals surface area contributed by atoms with Crippen LogP contribution in [0.4, 0.5) is 10.1 Å². The third-order valence-corrected chi connectivity index (χ3v) is 3.24. The van der Waals surface area contributed by atoms with E-state index in [0.717, 1.165) is 0 Å². The smallest absolute Gasteiger partial charge is 0.345 e. The van der Waals surface area contributed by atoms with Gasteiger partial charge in [-0.25, -0.2) is 9.18 Å². The lowest BCUT2D eigenvalue weighted by Crippen LogP contribution is -2.10. The minimum atomic E-state index is -0.828. The lowest BCUT2D eigenvalue weighted by atomic mass is 10.1. The summed E-state index contributed by atoms with van der Waals surface area (Å²) in [5.41, 5.74) is 0.417. The number of aryl methyl sites for hydroxylation is 1. The first-order chi connectivity index (χ1) is 10.9. The van der Waals surface area contributed by atoms with Crippen LogP contribution in [-0.4, -0.2) is 18.0 Å². The number of halogens is 1. The molecule has 0 radical (unpaired) electrons. The van der Waals surface area contributed by atoms with Gasteiger partial charge in [0, 0.05) is 6.07 Å². The summed E-state index contributed by atoms with van der Waals surface area (Å²) in [7, 11) is 1.34. The average Bonchev–Trinajstić information content (AvgIpc) is 2.52. The van der Waals surface area contributed by atoms with Gasteiger partial charge in [0.2, 0.25) is 0 Å². The van der Waals surface area contributed by atoms with Gasteiger partial charge in [0.25, 0.3) is 5.69 Å². The number of rotatable bonds is 5. The summed E-state index contributed by atoms with van der Waals surface area (Å²) in [6.45, 7) is 1.38. The maximum atomic E-state index is 13.6. The molecule has 0 atom stereocenters. The standard InChI is InChI=1S/C16H14FNO5/c1-10-4-3-5-13(18(20)21)15(10)16(19)23-9-11-6-7-14(22-2)12(17)8-11/h3-8H,9H2,1-2H3. The Morgan fingerprint density at radius 2 is 2.04 bits per heavy atom. The van der Waals surface area contributed by atoms with Crippen LogP contribution in [0.25, 0.3) is 0 Å². The predicted molar refractivity (Wildman–Crippen MR) is 79.9 cm³/mol. The molecule has 0 aliphatic carbocycles. The summed E-state index contributed by atoms with van der Waals surface area (Å²) in [6.07, 6.45) is 0. The Bertz CT molecular complexity index is 760. The van der Waals surface area contributed by atoms with E-state index < -0.39 is 16.7 Å². The monoisotopic (exact) mass is 319 g/mol. The summed E-state index contributed by atoms with van der Waals surface area (Å²) in [5, 5.41) is 11.0. The summed E-state index contributed by atoms with van der Waals surface area (Å²) >= 11 is 0. The Morgan fingerprint density at radius 3 is 2.65 bits per heavy atom. The molecule has 0 heterocycles. The highest BCUT2D eigenvalue weighted by atomic mass is 19.1. The molecule has 6 nitrogen and oxygen atoms in total. The zero-order valence-corrected chi connectivity index (χ0v) is 12.5. The Hall–Kier alpha value is -2.96. The molecule has 2 aromatic rings. The number of nitro groups is 1. The van der Waals surface area contributed by atoms with Gasteiger partial charge in [-0.15, -0.1) is 0 Å². The molecule has 2 rings (SSSR count). The normalized spacial score (nSPS) is 10.2. The van der Waals surface area contributed by atoms with Gasteiger partial charge in [0.1, 0.15) is 12.2 Å². The Balaban J connectivity index is 2.17. The van der Waals surface area contributed by atoms with E-state index in [2.05, 4.69) is 0 Å². The maximum Gasteiger partial charge on any atom is 0.345 e. The molecule has 0 saturated heterocycles. The molecule has 0 bridgehead atoms. The van der Waals surface area contributed by atoms with Gasteiger partial charge >= 0.3 is 5.97 Å². The quantitative estimate of drug-likeness (QED) is 0.479. The Kier molecular flexibility index (Phi) is 4.90. The van der Waals surface area contributed by atoms with Crippen molar-refractivity contribution in [1.82, 2.24) is 0 Å². The maximum absolute atomic E-state index is 13.6. The van der Waals surface area contributed by atoms with Crippen molar-refractivity contribution in [2.45, 2.75) is 13.5 Å². The Labute approximate surface area is 131 Å². The van der Waals surface area contributed by atoms with Gasteiger partial charge in [-0.1, -0.05) is 18.2 Å². The summed E-state index contributed by atoms with van der Waals surface area (Å²) in [5.74, 6) is -1.33. The number of esters is 1. The molecule has 0 N–H and O–H groups in total. The minimum absolute atomic E-state index is 0.0784. The molecule has 2 aromatic carbocycles. The van der Waals surface area contributed by atoms with Gasteiger partial charge in [-0.3, -0.25) is 10.1 Å². The fraction of sp³-hybridized carbons (Fsp3) is 0.188. The fourth-order valence-electron chi connectivity index (χ4n) is 2.09. The number of hydrogen-bond acceptors (Lipinski definition) is 5. The van der Waals surface area contributed by atoms with Gasteiger partial charge in [0.05, 0.1) is 12.0 Å². The lowest BCUT2D eigenvalue weighted by molar-refractivity contribution is -0.385. The molecular weight excluding hydrogens is 305 g/mol. The van der Waals surface area contributed by atoms with E-state index in [9.17, 15) is 19.3 Å². The lowest BCUT2D eigenvalue weighted by Gasteiger charge is -2.09. The number of nitrogens with zero attached hydrogens (tertiary/aromatic N) is 1. The van der Waals surface area contributed by atoms with Crippen LogP contribution in [0.2, 0.25) is 0 Å². The second kappa shape index (κ2) is 6.87. The molecule has 0 saturated carbocycles.